The van der Waals surface area contributed by atoms with Crippen LogP contribution in [-0.2, 0) is 19.6 Å². The second-order valence-electron chi connectivity index (χ2n) is 8.86. The SMILES string of the molecule is CC(C)CC(CO)NC(=O)C1CCCN(S(=O)(=O)c2ccc(N3CCCC3=O)cc2)C1. The average molecular weight is 452 g/mol. The van der Waals surface area contributed by atoms with E-state index in [9.17, 15) is 23.1 Å². The number of hydrogen-bond donors (Lipinski definition) is 2. The number of aliphatic hydroxyl groups is 1. The van der Waals surface area contributed by atoms with Gasteiger partial charge in [-0.2, -0.15) is 4.31 Å². The lowest BCUT2D eigenvalue weighted by Gasteiger charge is -2.32. The van der Waals surface area contributed by atoms with Crippen molar-refractivity contribution in [3.63, 3.8) is 0 Å². The molecule has 2 saturated heterocycles. The number of hydrogen-bond acceptors (Lipinski definition) is 5. The molecular weight excluding hydrogens is 418 g/mol. The lowest BCUT2D eigenvalue weighted by molar-refractivity contribution is -0.127. The average Bonchev–Trinajstić information content (AvgIpc) is 3.19. The molecule has 2 aliphatic rings. The summed E-state index contributed by atoms with van der Waals surface area (Å²) in [7, 11) is -3.73. The van der Waals surface area contributed by atoms with Gasteiger partial charge in [-0.3, -0.25) is 9.59 Å². The standard InChI is InChI=1S/C22H33N3O5S/c1-16(2)13-18(15-26)23-22(28)17-5-3-11-24(14-17)31(29,30)20-9-7-19(8-10-20)25-12-4-6-21(25)27/h7-10,16-18,26H,3-6,11-15H2,1-2H3,(H,23,28). The molecule has 2 aliphatic heterocycles. The fourth-order valence-corrected chi connectivity index (χ4v) is 5.83. The zero-order chi connectivity index (χ0) is 22.6. The van der Waals surface area contributed by atoms with Crippen LogP contribution in [0, 0.1) is 11.8 Å². The lowest BCUT2D eigenvalue weighted by atomic mass is 9.97. The molecule has 3 rings (SSSR count). The van der Waals surface area contributed by atoms with Crippen LogP contribution in [0.1, 0.15) is 46.0 Å². The van der Waals surface area contributed by atoms with Crippen molar-refractivity contribution in [2.75, 3.05) is 31.1 Å². The van der Waals surface area contributed by atoms with Crippen molar-refractivity contribution in [2.45, 2.75) is 56.9 Å². The smallest absolute Gasteiger partial charge is 0.243 e. The summed E-state index contributed by atoms with van der Waals surface area (Å²) < 4.78 is 27.7. The number of carbonyl (C=O) groups excluding carboxylic acids is 2. The summed E-state index contributed by atoms with van der Waals surface area (Å²) in [6.45, 7) is 5.06. The summed E-state index contributed by atoms with van der Waals surface area (Å²) in [4.78, 5) is 26.4. The van der Waals surface area contributed by atoms with E-state index in [2.05, 4.69) is 5.32 Å². The van der Waals surface area contributed by atoms with E-state index in [0.717, 1.165) is 6.42 Å². The second-order valence-corrected chi connectivity index (χ2v) is 10.8. The van der Waals surface area contributed by atoms with Crippen LogP contribution in [-0.4, -0.2) is 61.9 Å². The van der Waals surface area contributed by atoms with E-state index in [1.807, 2.05) is 13.8 Å². The Morgan fingerprint density at radius 2 is 1.90 bits per heavy atom. The maximum Gasteiger partial charge on any atom is 0.243 e. The highest BCUT2D eigenvalue weighted by molar-refractivity contribution is 7.89. The molecule has 2 atom stereocenters. The highest BCUT2D eigenvalue weighted by Gasteiger charge is 2.34. The first-order chi connectivity index (χ1) is 14.7. The van der Waals surface area contributed by atoms with Crippen molar-refractivity contribution in [3.8, 4) is 0 Å². The van der Waals surface area contributed by atoms with Gasteiger partial charge < -0.3 is 15.3 Å². The molecule has 2 unspecified atom stereocenters. The van der Waals surface area contributed by atoms with Crippen molar-refractivity contribution in [1.29, 1.82) is 0 Å². The van der Waals surface area contributed by atoms with E-state index in [1.54, 1.807) is 17.0 Å². The largest absolute Gasteiger partial charge is 0.394 e. The van der Waals surface area contributed by atoms with E-state index in [1.165, 1.54) is 16.4 Å². The molecule has 0 aromatic heterocycles. The van der Waals surface area contributed by atoms with Gasteiger partial charge in [0, 0.05) is 31.7 Å². The maximum atomic E-state index is 13.1. The number of nitrogens with one attached hydrogen (secondary N) is 1. The number of rotatable bonds is 8. The first-order valence-corrected chi connectivity index (χ1v) is 12.5. The second kappa shape index (κ2) is 10.1. The minimum atomic E-state index is -3.73. The van der Waals surface area contributed by atoms with E-state index >= 15 is 0 Å². The van der Waals surface area contributed by atoms with Gasteiger partial charge in [0.1, 0.15) is 0 Å². The summed E-state index contributed by atoms with van der Waals surface area (Å²) in [5.41, 5.74) is 0.706. The Labute approximate surface area is 184 Å². The van der Waals surface area contributed by atoms with E-state index in [-0.39, 0.29) is 35.9 Å². The molecule has 9 heteroatoms. The van der Waals surface area contributed by atoms with Crippen molar-refractivity contribution >= 4 is 27.5 Å². The molecule has 0 spiro atoms. The van der Waals surface area contributed by atoms with Crippen LogP contribution in [0.5, 0.6) is 0 Å². The lowest BCUT2D eigenvalue weighted by Crippen LogP contribution is -2.48. The quantitative estimate of drug-likeness (QED) is 0.626. The van der Waals surface area contributed by atoms with Gasteiger partial charge in [0.15, 0.2) is 0 Å². The number of nitrogens with zero attached hydrogens (tertiary/aromatic N) is 2. The van der Waals surface area contributed by atoms with Crippen LogP contribution in [0.25, 0.3) is 0 Å². The Morgan fingerprint density at radius 1 is 1.19 bits per heavy atom. The van der Waals surface area contributed by atoms with Gasteiger partial charge in [-0.05, 0) is 55.9 Å². The molecule has 8 nitrogen and oxygen atoms in total. The Hall–Kier alpha value is -1.97. The Kier molecular flexibility index (Phi) is 7.72. The van der Waals surface area contributed by atoms with Crippen LogP contribution in [0.3, 0.4) is 0 Å². The van der Waals surface area contributed by atoms with Crippen LogP contribution < -0.4 is 10.2 Å². The molecule has 0 aliphatic carbocycles. The van der Waals surface area contributed by atoms with Gasteiger partial charge in [0.25, 0.3) is 0 Å². The topological polar surface area (TPSA) is 107 Å². The Balaban J connectivity index is 1.67. The van der Waals surface area contributed by atoms with Gasteiger partial charge in [-0.15, -0.1) is 0 Å². The Morgan fingerprint density at radius 3 is 2.48 bits per heavy atom. The molecule has 1 aromatic rings. The van der Waals surface area contributed by atoms with Gasteiger partial charge in [-0.25, -0.2) is 8.42 Å². The zero-order valence-electron chi connectivity index (χ0n) is 18.3. The number of aliphatic hydroxyl groups excluding tert-OH is 1. The van der Waals surface area contributed by atoms with Crippen molar-refractivity contribution in [1.82, 2.24) is 9.62 Å². The number of amides is 2. The fraction of sp³-hybridized carbons (Fsp3) is 0.636. The maximum absolute atomic E-state index is 13.1. The molecule has 0 radical (unpaired) electrons. The third-order valence-electron chi connectivity index (χ3n) is 5.94. The number of benzene rings is 1. The summed E-state index contributed by atoms with van der Waals surface area (Å²) in [6.07, 6.45) is 3.22. The van der Waals surface area contributed by atoms with Gasteiger partial charge in [0.05, 0.1) is 23.5 Å². The van der Waals surface area contributed by atoms with Crippen molar-refractivity contribution in [2.24, 2.45) is 11.8 Å². The van der Waals surface area contributed by atoms with E-state index in [4.69, 9.17) is 0 Å². The number of sulfonamides is 1. The molecule has 172 valence electrons. The van der Waals surface area contributed by atoms with Crippen molar-refractivity contribution in [3.05, 3.63) is 24.3 Å². The van der Waals surface area contributed by atoms with Gasteiger partial charge in [0.2, 0.25) is 21.8 Å². The highest BCUT2D eigenvalue weighted by Crippen LogP contribution is 2.27. The molecule has 2 fully saturated rings. The van der Waals surface area contributed by atoms with Gasteiger partial charge in [-0.1, -0.05) is 13.8 Å². The third-order valence-corrected chi connectivity index (χ3v) is 7.82. The molecule has 31 heavy (non-hydrogen) atoms. The first kappa shape index (κ1) is 23.7. The third kappa shape index (κ3) is 5.64. The molecule has 2 N–H and O–H groups in total. The molecule has 0 bridgehead atoms. The van der Waals surface area contributed by atoms with E-state index < -0.39 is 15.9 Å². The zero-order valence-corrected chi connectivity index (χ0v) is 19.1. The van der Waals surface area contributed by atoms with E-state index in [0.29, 0.717) is 50.4 Å². The summed E-state index contributed by atoms with van der Waals surface area (Å²) in [6, 6.07) is 6.08. The highest BCUT2D eigenvalue weighted by atomic mass is 32.2. The number of carbonyl (C=O) groups is 2. The summed E-state index contributed by atoms with van der Waals surface area (Å²) in [5, 5.41) is 12.4. The minimum absolute atomic E-state index is 0.0548. The normalized spacial score (nSPS) is 21.5. The fourth-order valence-electron chi connectivity index (χ4n) is 4.31. The first-order valence-electron chi connectivity index (χ1n) is 11.0. The summed E-state index contributed by atoms with van der Waals surface area (Å²) in [5.74, 6) is -0.257. The molecule has 2 heterocycles. The minimum Gasteiger partial charge on any atom is -0.394 e. The van der Waals surface area contributed by atoms with Crippen molar-refractivity contribution < 1.29 is 23.1 Å². The van der Waals surface area contributed by atoms with Crippen LogP contribution in [0.2, 0.25) is 0 Å². The number of piperidine rings is 1. The van der Waals surface area contributed by atoms with Crippen LogP contribution in [0.4, 0.5) is 5.69 Å². The monoisotopic (exact) mass is 451 g/mol. The van der Waals surface area contributed by atoms with Gasteiger partial charge >= 0.3 is 0 Å². The number of anilines is 1. The molecule has 1 aromatic carbocycles. The molecule has 0 saturated carbocycles. The van der Waals surface area contributed by atoms with Crippen LogP contribution in [0.15, 0.2) is 29.2 Å². The Bertz CT molecular complexity index is 885. The molecule has 2 amide bonds. The summed E-state index contributed by atoms with van der Waals surface area (Å²) >= 11 is 0. The predicted molar refractivity (Wildman–Crippen MR) is 118 cm³/mol. The van der Waals surface area contributed by atoms with Crippen LogP contribution >= 0.6 is 0 Å². The predicted octanol–water partition coefficient (Wildman–Crippen LogP) is 1.74. The molecular formula is C22H33N3O5S.